The molecule has 0 saturated heterocycles. The summed E-state index contributed by atoms with van der Waals surface area (Å²) in [6, 6.07) is 4.75. The highest BCUT2D eigenvalue weighted by Crippen LogP contribution is 2.23. The lowest BCUT2D eigenvalue weighted by molar-refractivity contribution is 0.0522. The number of aryl methyl sites for hydroxylation is 1. The summed E-state index contributed by atoms with van der Waals surface area (Å²) >= 11 is 0. The van der Waals surface area contributed by atoms with Gasteiger partial charge in [-0.25, -0.2) is 4.79 Å². The summed E-state index contributed by atoms with van der Waals surface area (Å²) in [5, 5.41) is 14.3. The molecule has 0 atom stereocenters. The Bertz CT molecular complexity index is 608. The zero-order chi connectivity index (χ0) is 13.5. The molecule has 1 aromatic heterocycles. The molecule has 0 aliphatic carbocycles. The van der Waals surface area contributed by atoms with Crippen LogP contribution < -0.4 is 0 Å². The van der Waals surface area contributed by atoms with Crippen molar-refractivity contribution in [2.75, 3.05) is 0 Å². The van der Waals surface area contributed by atoms with Crippen molar-refractivity contribution in [1.82, 2.24) is 9.78 Å². The highest BCUT2D eigenvalue weighted by molar-refractivity contribution is 5.90. The standard InChI is InChI=1S/C13H16N2O3/c1-8-10-7-9(16)5-6-11(10)15(14-8)12(17)18-13(2,3)4/h5-7,16H,1-4H3. The first-order chi connectivity index (χ1) is 8.28. The van der Waals surface area contributed by atoms with Gasteiger partial charge in [-0.05, 0) is 45.9 Å². The largest absolute Gasteiger partial charge is 0.508 e. The Hall–Kier alpha value is -2.04. The molecule has 0 radical (unpaired) electrons. The van der Waals surface area contributed by atoms with Crippen molar-refractivity contribution < 1.29 is 14.6 Å². The monoisotopic (exact) mass is 248 g/mol. The van der Waals surface area contributed by atoms with E-state index in [2.05, 4.69) is 5.10 Å². The molecule has 0 saturated carbocycles. The molecule has 2 aromatic rings. The van der Waals surface area contributed by atoms with Gasteiger partial charge >= 0.3 is 6.09 Å². The smallest absolute Gasteiger partial charge is 0.435 e. The average Bonchev–Trinajstić information content (AvgIpc) is 2.54. The van der Waals surface area contributed by atoms with Crippen LogP contribution in [0.4, 0.5) is 4.79 Å². The lowest BCUT2D eigenvalue weighted by Crippen LogP contribution is -2.27. The van der Waals surface area contributed by atoms with Crippen LogP contribution in [-0.2, 0) is 4.74 Å². The van der Waals surface area contributed by atoms with Crippen molar-refractivity contribution in [3.8, 4) is 5.75 Å². The first-order valence-corrected chi connectivity index (χ1v) is 5.69. The number of hydrogen-bond donors (Lipinski definition) is 1. The summed E-state index contributed by atoms with van der Waals surface area (Å²) in [6.07, 6.45) is -0.522. The van der Waals surface area contributed by atoms with Crippen molar-refractivity contribution >= 4 is 17.0 Å². The second-order valence-electron chi connectivity index (χ2n) is 5.18. The van der Waals surface area contributed by atoms with Gasteiger partial charge in [-0.1, -0.05) is 0 Å². The normalized spacial score (nSPS) is 11.8. The minimum atomic E-state index is -0.569. The number of fused-ring (bicyclic) bond motifs is 1. The van der Waals surface area contributed by atoms with Gasteiger partial charge in [0.2, 0.25) is 0 Å². The molecular formula is C13H16N2O3. The molecule has 0 amide bonds. The number of carbonyl (C=O) groups excluding carboxylic acids is 1. The highest BCUT2D eigenvalue weighted by atomic mass is 16.6. The van der Waals surface area contributed by atoms with E-state index >= 15 is 0 Å². The van der Waals surface area contributed by atoms with E-state index in [1.807, 2.05) is 0 Å². The maximum absolute atomic E-state index is 12.0. The van der Waals surface area contributed by atoms with Crippen LogP contribution in [0.25, 0.3) is 10.9 Å². The fraction of sp³-hybridized carbons (Fsp3) is 0.385. The third-order valence-corrected chi connectivity index (χ3v) is 2.41. The summed E-state index contributed by atoms with van der Waals surface area (Å²) in [5.41, 5.74) is 0.728. The molecule has 18 heavy (non-hydrogen) atoms. The molecule has 0 spiro atoms. The van der Waals surface area contributed by atoms with Gasteiger partial charge in [0.15, 0.2) is 0 Å². The van der Waals surface area contributed by atoms with Gasteiger partial charge in [-0.3, -0.25) is 0 Å². The number of phenolic OH excluding ortho intramolecular Hbond substituents is 1. The van der Waals surface area contributed by atoms with Crippen LogP contribution >= 0.6 is 0 Å². The molecule has 1 heterocycles. The second-order valence-corrected chi connectivity index (χ2v) is 5.18. The van der Waals surface area contributed by atoms with Crippen LogP contribution in [0.2, 0.25) is 0 Å². The number of aromatic nitrogens is 2. The lowest BCUT2D eigenvalue weighted by Gasteiger charge is -2.19. The van der Waals surface area contributed by atoms with E-state index in [1.54, 1.807) is 39.8 Å². The first kappa shape index (κ1) is 12.4. The van der Waals surface area contributed by atoms with Crippen molar-refractivity contribution in [3.63, 3.8) is 0 Å². The van der Waals surface area contributed by atoms with E-state index in [4.69, 9.17) is 4.74 Å². The third-order valence-electron chi connectivity index (χ3n) is 2.41. The van der Waals surface area contributed by atoms with E-state index in [9.17, 15) is 9.90 Å². The maximum Gasteiger partial charge on any atom is 0.435 e. The molecule has 1 aromatic carbocycles. The Morgan fingerprint density at radius 1 is 1.39 bits per heavy atom. The summed E-state index contributed by atoms with van der Waals surface area (Å²) in [6.45, 7) is 7.18. The number of hydrogen-bond acceptors (Lipinski definition) is 4. The van der Waals surface area contributed by atoms with Crippen molar-refractivity contribution in [3.05, 3.63) is 23.9 Å². The molecule has 1 N–H and O–H groups in total. The molecule has 0 unspecified atom stereocenters. The lowest BCUT2D eigenvalue weighted by atomic mass is 10.2. The zero-order valence-corrected chi connectivity index (χ0v) is 10.9. The van der Waals surface area contributed by atoms with Gasteiger partial charge in [0.1, 0.15) is 11.4 Å². The second kappa shape index (κ2) is 4.01. The van der Waals surface area contributed by atoms with Gasteiger partial charge in [0.25, 0.3) is 0 Å². The van der Waals surface area contributed by atoms with Crippen molar-refractivity contribution in [1.29, 1.82) is 0 Å². The van der Waals surface area contributed by atoms with Gasteiger partial charge < -0.3 is 9.84 Å². The Kier molecular flexibility index (Phi) is 2.77. The minimum absolute atomic E-state index is 0.148. The molecule has 0 aliphatic rings. The molecule has 0 fully saturated rings. The molecular weight excluding hydrogens is 232 g/mol. The average molecular weight is 248 g/mol. The van der Waals surface area contributed by atoms with Crippen molar-refractivity contribution in [2.24, 2.45) is 0 Å². The number of benzene rings is 1. The predicted molar refractivity (Wildman–Crippen MR) is 67.8 cm³/mol. The van der Waals surface area contributed by atoms with Crippen LogP contribution in [0.3, 0.4) is 0 Å². The molecule has 0 aliphatic heterocycles. The summed E-state index contributed by atoms with van der Waals surface area (Å²) in [4.78, 5) is 12.0. The van der Waals surface area contributed by atoms with Gasteiger partial charge in [0, 0.05) is 5.39 Å². The molecule has 5 nitrogen and oxygen atoms in total. The van der Waals surface area contributed by atoms with Crippen LogP contribution in [0.15, 0.2) is 18.2 Å². The van der Waals surface area contributed by atoms with Crippen LogP contribution in [-0.4, -0.2) is 26.6 Å². The molecule has 0 bridgehead atoms. The third kappa shape index (κ3) is 2.30. The molecule has 5 heteroatoms. The van der Waals surface area contributed by atoms with Gasteiger partial charge in [-0.2, -0.15) is 9.78 Å². The Labute approximate surface area is 105 Å². The fourth-order valence-electron chi connectivity index (χ4n) is 1.70. The maximum atomic E-state index is 12.0. The van der Waals surface area contributed by atoms with Gasteiger partial charge in [-0.15, -0.1) is 0 Å². The molecule has 96 valence electrons. The number of nitrogens with zero attached hydrogens (tertiary/aromatic N) is 2. The Morgan fingerprint density at radius 2 is 2.06 bits per heavy atom. The number of phenols is 1. The Morgan fingerprint density at radius 3 is 2.67 bits per heavy atom. The van der Waals surface area contributed by atoms with Crippen molar-refractivity contribution in [2.45, 2.75) is 33.3 Å². The topological polar surface area (TPSA) is 64.4 Å². The SMILES string of the molecule is Cc1nn(C(=O)OC(C)(C)C)c2ccc(O)cc12. The predicted octanol–water partition coefficient (Wildman–Crippen LogP) is 2.83. The van der Waals surface area contributed by atoms with E-state index in [0.717, 1.165) is 5.39 Å². The summed E-state index contributed by atoms with van der Waals surface area (Å²) in [5.74, 6) is 0.148. The van der Waals surface area contributed by atoms with Crippen LogP contribution in [0.1, 0.15) is 26.5 Å². The quantitative estimate of drug-likeness (QED) is 0.778. The summed E-state index contributed by atoms with van der Waals surface area (Å²) < 4.78 is 6.49. The van der Waals surface area contributed by atoms with E-state index in [0.29, 0.717) is 11.2 Å². The minimum Gasteiger partial charge on any atom is -0.508 e. The number of aromatic hydroxyl groups is 1. The number of rotatable bonds is 0. The first-order valence-electron chi connectivity index (χ1n) is 5.69. The van der Waals surface area contributed by atoms with E-state index in [-0.39, 0.29) is 5.75 Å². The highest BCUT2D eigenvalue weighted by Gasteiger charge is 2.21. The number of carbonyl (C=O) groups is 1. The number of ether oxygens (including phenoxy) is 1. The Balaban J connectivity index is 2.49. The van der Waals surface area contributed by atoms with Crippen LogP contribution in [0, 0.1) is 6.92 Å². The fourth-order valence-corrected chi connectivity index (χ4v) is 1.70. The summed E-state index contributed by atoms with van der Waals surface area (Å²) in [7, 11) is 0. The van der Waals surface area contributed by atoms with Gasteiger partial charge in [0.05, 0.1) is 11.2 Å². The van der Waals surface area contributed by atoms with E-state index < -0.39 is 11.7 Å². The van der Waals surface area contributed by atoms with E-state index in [1.165, 1.54) is 10.7 Å². The zero-order valence-electron chi connectivity index (χ0n) is 10.9. The van der Waals surface area contributed by atoms with Crippen LogP contribution in [0.5, 0.6) is 5.75 Å². The molecule has 2 rings (SSSR count).